The van der Waals surface area contributed by atoms with Crippen molar-refractivity contribution in [3.05, 3.63) is 64.7 Å². The number of amidine groups is 1. The van der Waals surface area contributed by atoms with E-state index in [0.29, 0.717) is 36.7 Å². The van der Waals surface area contributed by atoms with Crippen LogP contribution in [0.25, 0.3) is 0 Å². The van der Waals surface area contributed by atoms with Crippen LogP contribution in [0.1, 0.15) is 24.0 Å². The van der Waals surface area contributed by atoms with E-state index in [4.69, 9.17) is 26.2 Å². The van der Waals surface area contributed by atoms with Crippen molar-refractivity contribution in [2.75, 3.05) is 19.7 Å². The summed E-state index contributed by atoms with van der Waals surface area (Å²) in [5.74, 6) is 1.33. The van der Waals surface area contributed by atoms with Crippen molar-refractivity contribution in [2.24, 2.45) is 4.99 Å². The van der Waals surface area contributed by atoms with E-state index in [1.54, 1.807) is 29.2 Å². The van der Waals surface area contributed by atoms with Crippen LogP contribution in [0.5, 0.6) is 5.75 Å². The van der Waals surface area contributed by atoms with E-state index < -0.39 is 5.72 Å². The normalized spacial score (nSPS) is 17.9. The zero-order valence-electron chi connectivity index (χ0n) is 15.7. The Morgan fingerprint density at radius 1 is 1.18 bits per heavy atom. The monoisotopic (exact) mass is 399 g/mol. The molecule has 1 amide bonds. The number of carbonyl (C=O) groups excluding carboxylic acids is 1. The highest BCUT2D eigenvalue weighted by Gasteiger charge is 2.41. The Hall–Kier alpha value is -2.57. The molecule has 0 radical (unpaired) electrons. The molecule has 1 N–H and O–H groups in total. The molecular formula is C21H22ClN3O3. The Balaban J connectivity index is 1.32. The molecule has 1 spiro atoms. The van der Waals surface area contributed by atoms with E-state index in [2.05, 4.69) is 12.4 Å². The number of piperidine rings is 1. The Bertz CT molecular complexity index is 873. The van der Waals surface area contributed by atoms with Gasteiger partial charge in [0, 0.05) is 36.5 Å². The van der Waals surface area contributed by atoms with E-state index in [1.807, 2.05) is 24.3 Å². The molecule has 28 heavy (non-hydrogen) atoms. The van der Waals surface area contributed by atoms with Crippen molar-refractivity contribution in [1.29, 1.82) is 0 Å². The Kier molecular flexibility index (Phi) is 5.24. The molecule has 146 valence electrons. The molecule has 2 aromatic carbocycles. The fraction of sp³-hybridized carbons (Fsp3) is 0.333. The van der Waals surface area contributed by atoms with Crippen molar-refractivity contribution in [2.45, 2.75) is 25.5 Å². The standard InChI is InChI=1S/C21H22ClN3O3/c1-15-2-4-16(5-3-15)20-23-21(28-24-20)10-12-25(13-11-21)19(26)14-27-18-8-6-17(22)7-9-18/h2-9H,10-14H2,1H3,(H,23,24). The molecule has 2 aliphatic heterocycles. The quantitative estimate of drug-likeness (QED) is 0.856. The molecule has 2 aliphatic rings. The highest BCUT2D eigenvalue weighted by Crippen LogP contribution is 2.31. The summed E-state index contributed by atoms with van der Waals surface area (Å²) in [6.45, 7) is 3.21. The van der Waals surface area contributed by atoms with Gasteiger partial charge in [-0.25, -0.2) is 15.3 Å². The third-order valence-corrected chi connectivity index (χ3v) is 5.30. The number of hydrogen-bond acceptors (Lipinski definition) is 5. The molecule has 0 atom stereocenters. The summed E-state index contributed by atoms with van der Waals surface area (Å²) in [4.78, 5) is 24.8. The molecule has 0 bridgehead atoms. The van der Waals surface area contributed by atoms with Crippen LogP contribution in [0.15, 0.2) is 53.5 Å². The molecule has 4 rings (SSSR count). The van der Waals surface area contributed by atoms with Gasteiger partial charge in [-0.3, -0.25) is 4.79 Å². The number of halogens is 1. The van der Waals surface area contributed by atoms with Crippen molar-refractivity contribution >= 4 is 23.3 Å². The van der Waals surface area contributed by atoms with Gasteiger partial charge < -0.3 is 9.64 Å². The number of aliphatic imine (C=N–C) groups is 1. The Morgan fingerprint density at radius 2 is 1.86 bits per heavy atom. The van der Waals surface area contributed by atoms with Gasteiger partial charge in [-0.2, -0.15) is 0 Å². The van der Waals surface area contributed by atoms with E-state index >= 15 is 0 Å². The first-order valence-corrected chi connectivity index (χ1v) is 9.68. The summed E-state index contributed by atoms with van der Waals surface area (Å²) < 4.78 is 5.56. The lowest BCUT2D eigenvalue weighted by Crippen LogP contribution is -2.47. The van der Waals surface area contributed by atoms with Gasteiger partial charge in [-0.15, -0.1) is 0 Å². The average molecular weight is 400 g/mol. The van der Waals surface area contributed by atoms with Crippen molar-refractivity contribution < 1.29 is 14.4 Å². The average Bonchev–Trinajstić information content (AvgIpc) is 3.12. The third-order valence-electron chi connectivity index (χ3n) is 5.05. The number of ether oxygens (including phenoxy) is 1. The Morgan fingerprint density at radius 3 is 2.54 bits per heavy atom. The minimum absolute atomic E-state index is 0.00558. The number of nitrogens with zero attached hydrogens (tertiary/aromatic N) is 2. The zero-order valence-corrected chi connectivity index (χ0v) is 16.4. The van der Waals surface area contributed by atoms with E-state index in [0.717, 1.165) is 11.4 Å². The van der Waals surface area contributed by atoms with Gasteiger partial charge in [-0.05, 0) is 31.2 Å². The lowest BCUT2D eigenvalue weighted by atomic mass is 10.0. The van der Waals surface area contributed by atoms with E-state index in [9.17, 15) is 4.79 Å². The van der Waals surface area contributed by atoms with E-state index in [-0.39, 0.29) is 12.5 Å². The number of hydroxylamine groups is 1. The molecule has 1 fully saturated rings. The van der Waals surface area contributed by atoms with Gasteiger partial charge in [0.25, 0.3) is 5.91 Å². The summed E-state index contributed by atoms with van der Waals surface area (Å²) in [6, 6.07) is 15.1. The molecule has 0 saturated carbocycles. The third kappa shape index (κ3) is 4.13. The number of carbonyl (C=O) groups is 1. The number of likely N-dealkylation sites (tertiary alicyclic amines) is 1. The van der Waals surface area contributed by atoms with Gasteiger partial charge in [0.05, 0.1) is 0 Å². The lowest BCUT2D eigenvalue weighted by Gasteiger charge is -2.35. The smallest absolute Gasteiger partial charge is 0.260 e. The van der Waals surface area contributed by atoms with Crippen LogP contribution in [0.4, 0.5) is 0 Å². The summed E-state index contributed by atoms with van der Waals surface area (Å²) in [5.41, 5.74) is 4.55. The molecule has 0 unspecified atom stereocenters. The molecule has 1 saturated heterocycles. The number of benzene rings is 2. The second kappa shape index (κ2) is 7.81. The number of rotatable bonds is 4. The summed E-state index contributed by atoms with van der Waals surface area (Å²) in [7, 11) is 0. The first-order valence-electron chi connectivity index (χ1n) is 9.30. The first-order chi connectivity index (χ1) is 13.5. The van der Waals surface area contributed by atoms with Crippen LogP contribution in [0.3, 0.4) is 0 Å². The number of hydrogen-bond donors (Lipinski definition) is 1. The van der Waals surface area contributed by atoms with Crippen molar-refractivity contribution in [3.8, 4) is 5.75 Å². The highest BCUT2D eigenvalue weighted by atomic mass is 35.5. The summed E-state index contributed by atoms with van der Waals surface area (Å²) in [6.07, 6.45) is 1.28. The predicted octanol–water partition coefficient (Wildman–Crippen LogP) is 3.33. The maximum absolute atomic E-state index is 12.4. The Labute approximate surface area is 169 Å². The molecule has 6 nitrogen and oxygen atoms in total. The number of nitrogens with one attached hydrogen (secondary N) is 1. The van der Waals surface area contributed by atoms with Crippen molar-refractivity contribution in [3.63, 3.8) is 0 Å². The molecule has 7 heteroatoms. The fourth-order valence-corrected chi connectivity index (χ4v) is 3.44. The minimum atomic E-state index is -0.603. The van der Waals surface area contributed by atoms with Gasteiger partial charge in [0.1, 0.15) is 5.75 Å². The maximum Gasteiger partial charge on any atom is 0.260 e. The summed E-state index contributed by atoms with van der Waals surface area (Å²) >= 11 is 5.85. The predicted molar refractivity (Wildman–Crippen MR) is 107 cm³/mol. The minimum Gasteiger partial charge on any atom is -0.484 e. The van der Waals surface area contributed by atoms with Gasteiger partial charge >= 0.3 is 0 Å². The lowest BCUT2D eigenvalue weighted by molar-refractivity contribution is -0.141. The molecule has 0 aromatic heterocycles. The summed E-state index contributed by atoms with van der Waals surface area (Å²) in [5, 5.41) is 0.635. The van der Waals surface area contributed by atoms with Crippen LogP contribution in [0, 0.1) is 6.92 Å². The number of amides is 1. The van der Waals surface area contributed by atoms with Gasteiger partial charge in [0.15, 0.2) is 18.2 Å². The van der Waals surface area contributed by atoms with E-state index in [1.165, 1.54) is 5.56 Å². The molecule has 2 aromatic rings. The largest absolute Gasteiger partial charge is 0.484 e. The van der Waals surface area contributed by atoms with Crippen molar-refractivity contribution in [1.82, 2.24) is 10.4 Å². The van der Waals surface area contributed by atoms with Crippen LogP contribution in [-0.2, 0) is 9.63 Å². The fourth-order valence-electron chi connectivity index (χ4n) is 3.31. The van der Waals surface area contributed by atoms with Gasteiger partial charge in [0.2, 0.25) is 0 Å². The SMILES string of the molecule is Cc1ccc(C2=NC3(CCN(C(=O)COc4ccc(Cl)cc4)CC3)ON2)cc1. The molecule has 2 heterocycles. The zero-order chi connectivity index (χ0) is 19.6. The van der Waals surface area contributed by atoms with Crippen LogP contribution in [0.2, 0.25) is 5.02 Å². The van der Waals surface area contributed by atoms with Gasteiger partial charge in [-0.1, -0.05) is 41.4 Å². The van der Waals surface area contributed by atoms with Crippen LogP contribution >= 0.6 is 11.6 Å². The maximum atomic E-state index is 12.4. The number of aryl methyl sites for hydroxylation is 1. The van der Waals surface area contributed by atoms with Crippen LogP contribution < -0.4 is 10.2 Å². The highest BCUT2D eigenvalue weighted by molar-refractivity contribution is 6.30. The topological polar surface area (TPSA) is 63.2 Å². The van der Waals surface area contributed by atoms with Crippen LogP contribution in [-0.4, -0.2) is 42.1 Å². The first kappa shape index (κ1) is 18.8. The molecule has 0 aliphatic carbocycles. The molecular weight excluding hydrogens is 378 g/mol. The second-order valence-electron chi connectivity index (χ2n) is 7.10. The second-order valence-corrected chi connectivity index (χ2v) is 7.54.